The smallest absolute Gasteiger partial charge is 0.416 e. The van der Waals surface area contributed by atoms with Crippen LogP contribution < -0.4 is 0 Å². The number of hydrogen-bond donors (Lipinski definition) is 2. The number of halogens is 3. The largest absolute Gasteiger partial charge is 0.465 e. The molecule has 0 fully saturated rings. The standard InChI is InChI=1S/C16H22F3NO3/c1-10(21)13(20(14(22)23)15(2,3)4)9-11-5-7-12(8-6-11)16(17,18)19/h5-8,10,13,21H,9H2,1-4H3,(H,22,23)/t10-,13?/m1/s1. The highest BCUT2D eigenvalue weighted by Crippen LogP contribution is 2.30. The van der Waals surface area contributed by atoms with Crippen molar-refractivity contribution in [2.24, 2.45) is 0 Å². The summed E-state index contributed by atoms with van der Waals surface area (Å²) in [6.45, 7) is 6.56. The highest BCUT2D eigenvalue weighted by atomic mass is 19.4. The van der Waals surface area contributed by atoms with Gasteiger partial charge in [-0.1, -0.05) is 12.1 Å². The molecule has 1 unspecified atom stereocenters. The summed E-state index contributed by atoms with van der Waals surface area (Å²) in [5.41, 5.74) is -0.987. The maximum Gasteiger partial charge on any atom is 0.416 e. The number of aliphatic hydroxyl groups is 1. The molecule has 2 N–H and O–H groups in total. The Morgan fingerprint density at radius 3 is 1.96 bits per heavy atom. The number of amides is 1. The van der Waals surface area contributed by atoms with Crippen molar-refractivity contribution in [1.82, 2.24) is 4.90 Å². The summed E-state index contributed by atoms with van der Waals surface area (Å²) < 4.78 is 37.7. The van der Waals surface area contributed by atoms with Gasteiger partial charge in [-0.15, -0.1) is 0 Å². The molecule has 0 saturated heterocycles. The number of benzene rings is 1. The van der Waals surface area contributed by atoms with E-state index in [0.717, 1.165) is 17.0 Å². The van der Waals surface area contributed by atoms with Gasteiger partial charge < -0.3 is 10.2 Å². The van der Waals surface area contributed by atoms with E-state index in [1.54, 1.807) is 20.8 Å². The fourth-order valence-corrected chi connectivity index (χ4v) is 2.48. The number of hydrogen-bond acceptors (Lipinski definition) is 2. The summed E-state index contributed by atoms with van der Waals surface area (Å²) in [7, 11) is 0. The lowest BCUT2D eigenvalue weighted by molar-refractivity contribution is -0.137. The third kappa shape index (κ3) is 5.13. The molecule has 0 aromatic heterocycles. The number of nitrogens with zero attached hydrogens (tertiary/aromatic N) is 1. The molecule has 7 heteroatoms. The Kier molecular flexibility index (Phi) is 5.69. The molecule has 0 radical (unpaired) electrons. The van der Waals surface area contributed by atoms with Crippen molar-refractivity contribution in [2.75, 3.05) is 0 Å². The van der Waals surface area contributed by atoms with Gasteiger partial charge in [-0.05, 0) is 51.8 Å². The predicted octanol–water partition coefficient (Wildman–Crippen LogP) is 3.78. The topological polar surface area (TPSA) is 60.8 Å². The summed E-state index contributed by atoms with van der Waals surface area (Å²) in [5.74, 6) is 0. The molecule has 0 heterocycles. The molecule has 1 aromatic rings. The minimum atomic E-state index is -4.42. The molecule has 2 atom stereocenters. The molecule has 0 aliphatic carbocycles. The van der Waals surface area contributed by atoms with E-state index in [0.29, 0.717) is 5.56 Å². The molecular weight excluding hydrogens is 311 g/mol. The zero-order valence-corrected chi connectivity index (χ0v) is 13.6. The van der Waals surface area contributed by atoms with Gasteiger partial charge in [0.05, 0.1) is 17.7 Å². The first-order valence-corrected chi connectivity index (χ1v) is 7.20. The van der Waals surface area contributed by atoms with Crippen molar-refractivity contribution in [3.05, 3.63) is 35.4 Å². The van der Waals surface area contributed by atoms with Crippen LogP contribution in [0.15, 0.2) is 24.3 Å². The van der Waals surface area contributed by atoms with E-state index >= 15 is 0 Å². The van der Waals surface area contributed by atoms with E-state index < -0.39 is 35.5 Å². The van der Waals surface area contributed by atoms with Gasteiger partial charge in [0.25, 0.3) is 0 Å². The quantitative estimate of drug-likeness (QED) is 0.881. The number of rotatable bonds is 4. The second-order valence-electron chi connectivity index (χ2n) is 6.53. The van der Waals surface area contributed by atoms with E-state index in [1.807, 2.05) is 0 Å². The summed E-state index contributed by atoms with van der Waals surface area (Å²) in [5, 5.41) is 19.4. The van der Waals surface area contributed by atoms with Gasteiger partial charge in [-0.3, -0.25) is 4.90 Å². The average Bonchev–Trinajstić information content (AvgIpc) is 2.35. The molecule has 0 aliphatic rings. The van der Waals surface area contributed by atoms with E-state index in [1.165, 1.54) is 19.1 Å². The van der Waals surface area contributed by atoms with Gasteiger partial charge >= 0.3 is 12.3 Å². The van der Waals surface area contributed by atoms with Crippen LogP contribution in [0.1, 0.15) is 38.8 Å². The Bertz CT molecular complexity index is 533. The van der Waals surface area contributed by atoms with Crippen LogP contribution in [0.25, 0.3) is 0 Å². The Morgan fingerprint density at radius 2 is 1.65 bits per heavy atom. The second-order valence-corrected chi connectivity index (χ2v) is 6.53. The van der Waals surface area contributed by atoms with Gasteiger partial charge in [0.15, 0.2) is 0 Å². The zero-order chi connectivity index (χ0) is 18.0. The van der Waals surface area contributed by atoms with Crippen LogP contribution in [0.5, 0.6) is 0 Å². The first kappa shape index (κ1) is 19.3. The van der Waals surface area contributed by atoms with E-state index in [9.17, 15) is 28.2 Å². The van der Waals surface area contributed by atoms with Crippen molar-refractivity contribution in [3.8, 4) is 0 Å². The molecule has 1 amide bonds. The first-order chi connectivity index (χ1) is 10.3. The van der Waals surface area contributed by atoms with Crippen LogP contribution in [0.3, 0.4) is 0 Å². The predicted molar refractivity (Wildman–Crippen MR) is 80.2 cm³/mol. The van der Waals surface area contributed by atoms with Gasteiger partial charge in [-0.2, -0.15) is 13.2 Å². The molecule has 4 nitrogen and oxygen atoms in total. The van der Waals surface area contributed by atoms with Crippen molar-refractivity contribution >= 4 is 6.09 Å². The Hall–Kier alpha value is -1.76. The molecule has 0 spiro atoms. The van der Waals surface area contributed by atoms with Crippen LogP contribution in [0, 0.1) is 0 Å². The maximum atomic E-state index is 12.6. The molecule has 1 aromatic carbocycles. The average molecular weight is 333 g/mol. The number of carbonyl (C=O) groups is 1. The lowest BCUT2D eigenvalue weighted by Gasteiger charge is -2.41. The molecule has 0 aliphatic heterocycles. The third-order valence-corrected chi connectivity index (χ3v) is 3.54. The zero-order valence-electron chi connectivity index (χ0n) is 13.6. The minimum Gasteiger partial charge on any atom is -0.465 e. The van der Waals surface area contributed by atoms with Crippen LogP contribution in [-0.2, 0) is 12.6 Å². The number of alkyl halides is 3. The van der Waals surface area contributed by atoms with Gasteiger partial charge in [0.2, 0.25) is 0 Å². The van der Waals surface area contributed by atoms with Crippen LogP contribution >= 0.6 is 0 Å². The fourth-order valence-electron chi connectivity index (χ4n) is 2.48. The summed E-state index contributed by atoms with van der Waals surface area (Å²) in [6, 6.07) is 3.76. The van der Waals surface area contributed by atoms with E-state index in [2.05, 4.69) is 0 Å². The lowest BCUT2D eigenvalue weighted by Crippen LogP contribution is -2.55. The summed E-state index contributed by atoms with van der Waals surface area (Å²) in [6.07, 6.45) is -6.44. The van der Waals surface area contributed by atoms with Gasteiger partial charge in [-0.25, -0.2) is 4.79 Å². The molecule has 130 valence electrons. The van der Waals surface area contributed by atoms with Crippen LogP contribution in [0.4, 0.5) is 18.0 Å². The Labute approximate surface area is 133 Å². The van der Waals surface area contributed by atoms with E-state index in [4.69, 9.17) is 0 Å². The third-order valence-electron chi connectivity index (χ3n) is 3.54. The maximum absolute atomic E-state index is 12.6. The van der Waals surface area contributed by atoms with Gasteiger partial charge in [0.1, 0.15) is 0 Å². The highest BCUT2D eigenvalue weighted by Gasteiger charge is 2.36. The minimum absolute atomic E-state index is 0.124. The Morgan fingerprint density at radius 1 is 1.17 bits per heavy atom. The number of aliphatic hydroxyl groups excluding tert-OH is 1. The van der Waals surface area contributed by atoms with Crippen molar-refractivity contribution in [3.63, 3.8) is 0 Å². The molecule has 0 saturated carbocycles. The highest BCUT2D eigenvalue weighted by molar-refractivity contribution is 5.66. The fraction of sp³-hybridized carbons (Fsp3) is 0.562. The monoisotopic (exact) mass is 333 g/mol. The normalized spacial score (nSPS) is 15.1. The molecule has 1 rings (SSSR count). The van der Waals surface area contributed by atoms with Crippen molar-refractivity contribution in [1.29, 1.82) is 0 Å². The van der Waals surface area contributed by atoms with E-state index in [-0.39, 0.29) is 6.42 Å². The number of carboxylic acid groups (broad SMARTS) is 1. The van der Waals surface area contributed by atoms with Crippen molar-refractivity contribution < 1.29 is 28.2 Å². The molecule has 0 bridgehead atoms. The Balaban J connectivity index is 3.07. The summed E-state index contributed by atoms with van der Waals surface area (Å²) in [4.78, 5) is 12.7. The lowest BCUT2D eigenvalue weighted by atomic mass is 9.95. The SMILES string of the molecule is C[C@@H](O)C(Cc1ccc(C(F)(F)F)cc1)N(C(=O)O)C(C)(C)C. The second kappa shape index (κ2) is 6.78. The summed E-state index contributed by atoms with van der Waals surface area (Å²) >= 11 is 0. The molecular formula is C16H22F3NO3. The van der Waals surface area contributed by atoms with Crippen LogP contribution in [-0.4, -0.2) is 38.9 Å². The molecule has 23 heavy (non-hydrogen) atoms. The van der Waals surface area contributed by atoms with Gasteiger partial charge in [0, 0.05) is 5.54 Å². The van der Waals surface area contributed by atoms with Crippen molar-refractivity contribution in [2.45, 2.75) is 58.0 Å². The van der Waals surface area contributed by atoms with Crippen LogP contribution in [0.2, 0.25) is 0 Å². The first-order valence-electron chi connectivity index (χ1n) is 7.20.